The van der Waals surface area contributed by atoms with Crippen LogP contribution in [0.25, 0.3) is 0 Å². The Balaban J connectivity index is 1.89. The van der Waals surface area contributed by atoms with Gasteiger partial charge in [0, 0.05) is 38.2 Å². The van der Waals surface area contributed by atoms with Crippen LogP contribution in [0.3, 0.4) is 0 Å². The Bertz CT molecular complexity index is 1650. The van der Waals surface area contributed by atoms with E-state index < -0.39 is 83.0 Å². The van der Waals surface area contributed by atoms with E-state index in [9.17, 15) is 26.3 Å². The summed E-state index contributed by atoms with van der Waals surface area (Å²) in [7, 11) is 1.66. The molecule has 3 nitrogen and oxygen atoms in total. The smallest absolute Gasteiger partial charge is 0.414 e. The molecule has 0 aromatic heterocycles. The third kappa shape index (κ3) is 10.1. The number of aryl methyl sites for hydroxylation is 2. The SMILES string of the molecule is CCCc1ccc(C(F)(F)c2cc(CC(OC)C(F)(F)F)ccc2Oc2ccc(CC(OC)C(F)(F)F)cc2C(F)(F)c2ccc(CCC)cc2)cc1. The maximum Gasteiger partial charge on any atom is 0.414 e. The van der Waals surface area contributed by atoms with Gasteiger partial charge in [-0.1, -0.05) is 87.4 Å². The Morgan fingerprint density at radius 2 is 0.792 bits per heavy atom. The summed E-state index contributed by atoms with van der Waals surface area (Å²) in [6, 6.07) is 16.3. The molecule has 0 saturated heterocycles. The highest BCUT2D eigenvalue weighted by molar-refractivity contribution is 5.52. The monoisotopic (exact) mass is 758 g/mol. The largest absolute Gasteiger partial charge is 0.456 e. The van der Waals surface area contributed by atoms with Crippen LogP contribution >= 0.6 is 0 Å². The van der Waals surface area contributed by atoms with Gasteiger partial charge in [-0.2, -0.15) is 43.9 Å². The topological polar surface area (TPSA) is 27.7 Å². The summed E-state index contributed by atoms with van der Waals surface area (Å²) in [5.74, 6) is -9.14. The molecule has 0 saturated carbocycles. The third-order valence-corrected chi connectivity index (χ3v) is 8.84. The molecule has 288 valence electrons. The lowest BCUT2D eigenvalue weighted by Crippen LogP contribution is -2.32. The minimum atomic E-state index is -4.83. The van der Waals surface area contributed by atoms with Crippen LogP contribution < -0.4 is 4.74 Å². The second-order valence-corrected chi connectivity index (χ2v) is 12.7. The summed E-state index contributed by atoms with van der Waals surface area (Å²) in [5.41, 5.74) is -1.80. The van der Waals surface area contributed by atoms with E-state index in [4.69, 9.17) is 4.74 Å². The van der Waals surface area contributed by atoms with Crippen molar-refractivity contribution in [2.45, 2.75) is 88.8 Å². The van der Waals surface area contributed by atoms with E-state index in [1.807, 2.05) is 13.8 Å². The zero-order valence-electron chi connectivity index (χ0n) is 29.5. The minimum absolute atomic E-state index is 0.204. The number of methoxy groups -OCH3 is 2. The Labute approximate surface area is 301 Å². The van der Waals surface area contributed by atoms with E-state index in [0.717, 1.165) is 74.6 Å². The minimum Gasteiger partial charge on any atom is -0.456 e. The molecule has 4 rings (SSSR count). The Hall–Kier alpha value is -4.10. The molecular formula is C40H40F10O3. The predicted molar refractivity (Wildman–Crippen MR) is 181 cm³/mol. The standard InChI is InChI=1S/C40H40F10O3/c1-5-7-25-9-15-29(16-10-25)37(41,42)31-21-27(23-35(51-3)39(45,46)47)13-19-33(31)53-34-20-14-28(24-36(52-4)40(48,49)50)22-32(34)38(43,44)30-17-11-26(8-6-2)12-18-30/h9-22,35-36H,5-8,23-24H2,1-4H3. The Kier molecular flexibility index (Phi) is 13.3. The lowest BCUT2D eigenvalue weighted by Gasteiger charge is -2.26. The zero-order valence-corrected chi connectivity index (χ0v) is 29.5. The van der Waals surface area contributed by atoms with Crippen molar-refractivity contribution in [3.8, 4) is 11.5 Å². The van der Waals surface area contributed by atoms with Crippen molar-refractivity contribution in [1.29, 1.82) is 0 Å². The number of hydrogen-bond acceptors (Lipinski definition) is 3. The molecule has 2 unspecified atom stereocenters. The second kappa shape index (κ2) is 16.9. The third-order valence-electron chi connectivity index (χ3n) is 8.84. The molecule has 0 radical (unpaired) electrons. The molecule has 53 heavy (non-hydrogen) atoms. The fourth-order valence-corrected chi connectivity index (χ4v) is 5.94. The van der Waals surface area contributed by atoms with Crippen LogP contribution in [0.4, 0.5) is 43.9 Å². The van der Waals surface area contributed by atoms with Crippen molar-refractivity contribution in [3.05, 3.63) is 129 Å². The molecule has 0 heterocycles. The maximum atomic E-state index is 16.5. The Morgan fingerprint density at radius 1 is 0.472 bits per heavy atom. The van der Waals surface area contributed by atoms with Gasteiger partial charge in [0.15, 0.2) is 12.2 Å². The van der Waals surface area contributed by atoms with Gasteiger partial charge in [-0.15, -0.1) is 0 Å². The lowest BCUT2D eigenvalue weighted by atomic mass is 9.93. The van der Waals surface area contributed by atoms with Gasteiger partial charge in [0.2, 0.25) is 0 Å². The number of halogens is 10. The van der Waals surface area contributed by atoms with Crippen molar-refractivity contribution in [3.63, 3.8) is 0 Å². The first-order valence-electron chi connectivity index (χ1n) is 16.9. The van der Waals surface area contributed by atoms with Crippen LogP contribution in [0.15, 0.2) is 84.9 Å². The highest BCUT2D eigenvalue weighted by Gasteiger charge is 2.44. The average Bonchev–Trinajstić information content (AvgIpc) is 3.10. The molecule has 13 heteroatoms. The molecule has 0 amide bonds. The molecular weight excluding hydrogens is 718 g/mol. The van der Waals surface area contributed by atoms with E-state index in [0.29, 0.717) is 12.8 Å². The van der Waals surface area contributed by atoms with Crippen LogP contribution in [-0.2, 0) is 47.0 Å². The molecule has 0 aliphatic carbocycles. The summed E-state index contributed by atoms with van der Waals surface area (Å²) in [5, 5.41) is 0. The molecule has 0 fully saturated rings. The molecule has 0 spiro atoms. The zero-order chi connectivity index (χ0) is 39.2. The molecule has 0 aliphatic rings. The number of benzene rings is 4. The van der Waals surface area contributed by atoms with Gasteiger partial charge in [-0.05, 0) is 59.4 Å². The quantitative estimate of drug-likeness (QED) is 0.107. The van der Waals surface area contributed by atoms with Gasteiger partial charge in [-0.3, -0.25) is 0 Å². The number of ether oxygens (including phenoxy) is 3. The lowest BCUT2D eigenvalue weighted by molar-refractivity contribution is -0.212. The first-order chi connectivity index (χ1) is 24.8. The number of alkyl halides is 10. The number of hydrogen-bond donors (Lipinski definition) is 0. The van der Waals surface area contributed by atoms with Crippen molar-refractivity contribution in [2.75, 3.05) is 14.2 Å². The summed E-state index contributed by atoms with van der Waals surface area (Å²) in [6.45, 7) is 3.81. The van der Waals surface area contributed by atoms with E-state index in [-0.39, 0.29) is 11.1 Å². The fourth-order valence-electron chi connectivity index (χ4n) is 5.94. The van der Waals surface area contributed by atoms with E-state index in [1.54, 1.807) is 0 Å². The van der Waals surface area contributed by atoms with Gasteiger partial charge in [0.25, 0.3) is 0 Å². The molecule has 0 aliphatic heterocycles. The van der Waals surface area contributed by atoms with Crippen LogP contribution in [0, 0.1) is 0 Å². The molecule has 0 N–H and O–H groups in total. The van der Waals surface area contributed by atoms with Gasteiger partial charge < -0.3 is 14.2 Å². The second-order valence-electron chi connectivity index (χ2n) is 12.7. The number of rotatable bonds is 16. The van der Waals surface area contributed by atoms with Crippen molar-refractivity contribution in [2.24, 2.45) is 0 Å². The highest BCUT2D eigenvalue weighted by atomic mass is 19.4. The molecule has 4 aromatic carbocycles. The summed E-state index contributed by atoms with van der Waals surface area (Å²) < 4.78 is 162. The van der Waals surface area contributed by atoms with E-state index >= 15 is 17.6 Å². The predicted octanol–water partition coefficient (Wildman–Crippen LogP) is 11.9. The van der Waals surface area contributed by atoms with Gasteiger partial charge in [-0.25, -0.2) is 0 Å². The van der Waals surface area contributed by atoms with Crippen LogP contribution in [0.2, 0.25) is 0 Å². The van der Waals surface area contributed by atoms with Crippen LogP contribution in [0.5, 0.6) is 11.5 Å². The summed E-state index contributed by atoms with van der Waals surface area (Å²) in [4.78, 5) is 0. The highest BCUT2D eigenvalue weighted by Crippen LogP contribution is 2.47. The van der Waals surface area contributed by atoms with Gasteiger partial charge in [0.05, 0.1) is 11.1 Å². The van der Waals surface area contributed by atoms with E-state index in [2.05, 4.69) is 9.47 Å². The maximum absolute atomic E-state index is 16.5. The molecule has 2 atom stereocenters. The van der Waals surface area contributed by atoms with E-state index in [1.165, 1.54) is 48.5 Å². The molecule has 4 aromatic rings. The summed E-state index contributed by atoms with van der Waals surface area (Å²) >= 11 is 0. The van der Waals surface area contributed by atoms with Gasteiger partial charge >= 0.3 is 24.2 Å². The normalized spacial score (nSPS) is 13.9. The summed E-state index contributed by atoms with van der Waals surface area (Å²) in [6.07, 6.45) is -13.3. The van der Waals surface area contributed by atoms with Gasteiger partial charge in [0.1, 0.15) is 11.5 Å². The molecule has 0 bridgehead atoms. The van der Waals surface area contributed by atoms with Crippen LogP contribution in [-0.4, -0.2) is 38.8 Å². The van der Waals surface area contributed by atoms with Crippen molar-refractivity contribution >= 4 is 0 Å². The first-order valence-corrected chi connectivity index (χ1v) is 16.9. The van der Waals surface area contributed by atoms with Crippen LogP contribution in [0.1, 0.15) is 71.2 Å². The van der Waals surface area contributed by atoms with Crippen molar-refractivity contribution < 1.29 is 58.1 Å². The van der Waals surface area contributed by atoms with Crippen molar-refractivity contribution in [1.82, 2.24) is 0 Å². The first kappa shape index (κ1) is 41.7. The average molecular weight is 759 g/mol. The Morgan fingerprint density at radius 3 is 1.08 bits per heavy atom. The fraction of sp³-hybridized carbons (Fsp3) is 0.400.